The average Bonchev–Trinajstić information content (AvgIpc) is 3.00. The molecule has 1 aliphatic heterocycles. The third-order valence-corrected chi connectivity index (χ3v) is 5.36. The highest BCUT2D eigenvalue weighted by Gasteiger charge is 2.51. The summed E-state index contributed by atoms with van der Waals surface area (Å²) in [6.45, 7) is -0.237. The Balaban J connectivity index is 1.73. The second kappa shape index (κ2) is 8.02. The lowest BCUT2D eigenvalue weighted by atomic mass is 9.90. The molecule has 3 aromatic carbocycles. The van der Waals surface area contributed by atoms with E-state index >= 15 is 0 Å². The highest BCUT2D eigenvalue weighted by atomic mass is 19.1. The van der Waals surface area contributed by atoms with Crippen LogP contribution in [0.5, 0.6) is 0 Å². The van der Waals surface area contributed by atoms with Crippen molar-refractivity contribution < 1.29 is 18.8 Å². The second-order valence-electron chi connectivity index (χ2n) is 7.30. The Morgan fingerprint density at radius 2 is 1.48 bits per heavy atom. The Morgan fingerprint density at radius 1 is 0.903 bits per heavy atom. The van der Waals surface area contributed by atoms with E-state index in [1.807, 2.05) is 0 Å². The van der Waals surface area contributed by atoms with E-state index in [2.05, 4.69) is 10.6 Å². The standard InChI is InChI=1S/C24H20FN3O3/c1-28-20-13-12-18(25)14-19(20)24(23(28)31,27-22(30)17-10-6-3-7-11-17)15-26-21(29)16-8-4-2-5-9-16/h2-14H,15H2,1H3,(H,26,29)(H,27,30). The predicted molar refractivity (Wildman–Crippen MR) is 114 cm³/mol. The minimum Gasteiger partial charge on any atom is -0.349 e. The van der Waals surface area contributed by atoms with Crippen LogP contribution in [0.1, 0.15) is 26.3 Å². The molecule has 7 heteroatoms. The summed E-state index contributed by atoms with van der Waals surface area (Å²) in [6, 6.07) is 20.9. The third-order valence-electron chi connectivity index (χ3n) is 5.36. The lowest BCUT2D eigenvalue weighted by molar-refractivity contribution is -0.123. The highest BCUT2D eigenvalue weighted by Crippen LogP contribution is 2.40. The predicted octanol–water partition coefficient (Wildman–Crippen LogP) is 2.86. The summed E-state index contributed by atoms with van der Waals surface area (Å²) in [5.74, 6) is -1.93. The van der Waals surface area contributed by atoms with Crippen LogP contribution in [0.3, 0.4) is 0 Å². The number of nitrogens with one attached hydrogen (secondary N) is 2. The van der Waals surface area contributed by atoms with Gasteiger partial charge in [-0.05, 0) is 42.5 Å². The maximum atomic E-state index is 14.2. The van der Waals surface area contributed by atoms with Crippen LogP contribution in [0.15, 0.2) is 78.9 Å². The van der Waals surface area contributed by atoms with E-state index in [1.165, 1.54) is 23.1 Å². The third kappa shape index (κ3) is 3.66. The molecule has 1 heterocycles. The van der Waals surface area contributed by atoms with Crippen LogP contribution in [0.25, 0.3) is 0 Å². The molecule has 0 radical (unpaired) electrons. The Hall–Kier alpha value is -4.00. The molecule has 1 unspecified atom stereocenters. The highest BCUT2D eigenvalue weighted by molar-refractivity contribution is 6.11. The van der Waals surface area contributed by atoms with Crippen LogP contribution in [0.2, 0.25) is 0 Å². The fraction of sp³-hybridized carbons (Fsp3) is 0.125. The van der Waals surface area contributed by atoms with Gasteiger partial charge in [-0.3, -0.25) is 14.4 Å². The second-order valence-corrected chi connectivity index (χ2v) is 7.30. The molecule has 0 fully saturated rings. The van der Waals surface area contributed by atoms with Gasteiger partial charge >= 0.3 is 0 Å². The van der Waals surface area contributed by atoms with Gasteiger partial charge in [0.05, 0.1) is 6.54 Å². The van der Waals surface area contributed by atoms with Gasteiger partial charge in [-0.15, -0.1) is 0 Å². The minimum atomic E-state index is -1.65. The molecule has 6 nitrogen and oxygen atoms in total. The van der Waals surface area contributed by atoms with Crippen molar-refractivity contribution in [1.29, 1.82) is 0 Å². The van der Waals surface area contributed by atoms with E-state index in [1.54, 1.807) is 67.7 Å². The first-order chi connectivity index (χ1) is 14.9. The van der Waals surface area contributed by atoms with Gasteiger partial charge in [0.25, 0.3) is 17.7 Å². The number of carbonyl (C=O) groups is 3. The van der Waals surface area contributed by atoms with Crippen LogP contribution in [-0.4, -0.2) is 31.3 Å². The van der Waals surface area contributed by atoms with Crippen LogP contribution < -0.4 is 15.5 Å². The number of halogens is 1. The minimum absolute atomic E-state index is 0.237. The monoisotopic (exact) mass is 417 g/mol. The van der Waals surface area contributed by atoms with E-state index in [0.29, 0.717) is 16.8 Å². The van der Waals surface area contributed by atoms with Gasteiger partial charge in [0, 0.05) is 29.4 Å². The molecule has 0 saturated heterocycles. The number of fused-ring (bicyclic) bond motifs is 1. The number of rotatable bonds is 5. The fourth-order valence-corrected chi connectivity index (χ4v) is 3.75. The number of benzene rings is 3. The Bertz CT molecular complexity index is 1150. The molecule has 3 aromatic rings. The summed E-state index contributed by atoms with van der Waals surface area (Å²) >= 11 is 0. The first-order valence-electron chi connectivity index (χ1n) is 9.71. The zero-order valence-corrected chi connectivity index (χ0v) is 16.8. The maximum absolute atomic E-state index is 14.2. The molecule has 0 aliphatic carbocycles. The van der Waals surface area contributed by atoms with E-state index in [9.17, 15) is 18.8 Å². The maximum Gasteiger partial charge on any atom is 0.259 e. The lowest BCUT2D eigenvalue weighted by Crippen LogP contribution is -2.58. The van der Waals surface area contributed by atoms with Crippen molar-refractivity contribution >= 4 is 23.4 Å². The molecule has 31 heavy (non-hydrogen) atoms. The van der Waals surface area contributed by atoms with Crippen LogP contribution >= 0.6 is 0 Å². The van der Waals surface area contributed by atoms with E-state index in [-0.39, 0.29) is 12.1 Å². The van der Waals surface area contributed by atoms with Crippen molar-refractivity contribution in [3.63, 3.8) is 0 Å². The summed E-state index contributed by atoms with van der Waals surface area (Å²) in [7, 11) is 1.55. The molecule has 0 bridgehead atoms. The van der Waals surface area contributed by atoms with Gasteiger partial charge in [-0.25, -0.2) is 4.39 Å². The molecule has 0 aromatic heterocycles. The van der Waals surface area contributed by atoms with Gasteiger partial charge < -0.3 is 15.5 Å². The number of carbonyl (C=O) groups excluding carboxylic acids is 3. The number of nitrogens with zero attached hydrogens (tertiary/aromatic N) is 1. The Kier molecular flexibility index (Phi) is 5.25. The van der Waals surface area contributed by atoms with Crippen molar-refractivity contribution in [2.75, 3.05) is 18.5 Å². The largest absolute Gasteiger partial charge is 0.349 e. The first-order valence-corrected chi connectivity index (χ1v) is 9.71. The quantitative estimate of drug-likeness (QED) is 0.670. The molecule has 4 rings (SSSR count). The van der Waals surface area contributed by atoms with Gasteiger partial charge in [-0.1, -0.05) is 36.4 Å². The molecular formula is C24H20FN3O3. The van der Waals surface area contributed by atoms with Crippen molar-refractivity contribution in [3.05, 3.63) is 101 Å². The Morgan fingerprint density at radius 3 is 2.10 bits per heavy atom. The number of amides is 3. The number of anilines is 1. The lowest BCUT2D eigenvalue weighted by Gasteiger charge is -2.30. The number of hydrogen-bond acceptors (Lipinski definition) is 3. The summed E-state index contributed by atoms with van der Waals surface area (Å²) in [5.41, 5.74) is -0.142. The zero-order chi connectivity index (χ0) is 22.0. The van der Waals surface area contributed by atoms with E-state index in [4.69, 9.17) is 0 Å². The van der Waals surface area contributed by atoms with Crippen LogP contribution in [-0.2, 0) is 10.3 Å². The van der Waals surface area contributed by atoms with Crippen molar-refractivity contribution in [3.8, 4) is 0 Å². The first kappa shape index (κ1) is 20.3. The number of likely N-dealkylation sites (N-methyl/N-ethyl adjacent to an activating group) is 1. The average molecular weight is 417 g/mol. The normalized spacial score (nSPS) is 17.2. The SMILES string of the molecule is CN1C(=O)C(CNC(=O)c2ccccc2)(NC(=O)c2ccccc2)c2cc(F)ccc21. The van der Waals surface area contributed by atoms with Gasteiger partial charge in [0.1, 0.15) is 5.82 Å². The fourth-order valence-electron chi connectivity index (χ4n) is 3.75. The molecule has 1 aliphatic rings. The zero-order valence-electron chi connectivity index (χ0n) is 16.8. The molecule has 2 N–H and O–H groups in total. The summed E-state index contributed by atoms with van der Waals surface area (Å²) < 4.78 is 14.2. The summed E-state index contributed by atoms with van der Waals surface area (Å²) in [5, 5.41) is 5.49. The van der Waals surface area contributed by atoms with Gasteiger partial charge in [0.15, 0.2) is 5.54 Å². The molecule has 1 atom stereocenters. The molecule has 0 saturated carbocycles. The summed E-state index contributed by atoms with van der Waals surface area (Å²) in [6.07, 6.45) is 0. The smallest absolute Gasteiger partial charge is 0.259 e. The van der Waals surface area contributed by atoms with Crippen molar-refractivity contribution in [1.82, 2.24) is 10.6 Å². The summed E-state index contributed by atoms with van der Waals surface area (Å²) in [4.78, 5) is 40.3. The van der Waals surface area contributed by atoms with Crippen molar-refractivity contribution in [2.45, 2.75) is 5.54 Å². The number of hydrogen-bond donors (Lipinski definition) is 2. The van der Waals surface area contributed by atoms with Crippen LogP contribution in [0, 0.1) is 5.82 Å². The van der Waals surface area contributed by atoms with Gasteiger partial charge in [0.2, 0.25) is 0 Å². The van der Waals surface area contributed by atoms with E-state index in [0.717, 1.165) is 0 Å². The van der Waals surface area contributed by atoms with Crippen LogP contribution in [0.4, 0.5) is 10.1 Å². The van der Waals surface area contributed by atoms with Crippen molar-refractivity contribution in [2.24, 2.45) is 0 Å². The topological polar surface area (TPSA) is 78.5 Å². The molecule has 3 amide bonds. The molecule has 0 spiro atoms. The van der Waals surface area contributed by atoms with E-state index < -0.39 is 29.1 Å². The Labute approximate surface area is 178 Å². The molecule has 156 valence electrons. The molecular weight excluding hydrogens is 397 g/mol. The van der Waals surface area contributed by atoms with Gasteiger partial charge in [-0.2, -0.15) is 0 Å².